The summed E-state index contributed by atoms with van der Waals surface area (Å²) in [6.45, 7) is 4.53. The fourth-order valence-electron chi connectivity index (χ4n) is 3.44. The third kappa shape index (κ3) is 3.77. The van der Waals surface area contributed by atoms with E-state index in [2.05, 4.69) is 30.2 Å². The van der Waals surface area contributed by atoms with Gasteiger partial charge in [-0.25, -0.2) is 24.9 Å². The van der Waals surface area contributed by atoms with Crippen LogP contribution >= 0.6 is 11.3 Å². The van der Waals surface area contributed by atoms with Crippen LogP contribution in [0.2, 0.25) is 0 Å². The summed E-state index contributed by atoms with van der Waals surface area (Å²) in [5.41, 5.74) is 4.33. The Labute approximate surface area is 167 Å². The van der Waals surface area contributed by atoms with Gasteiger partial charge >= 0.3 is 0 Å². The van der Waals surface area contributed by atoms with E-state index < -0.39 is 0 Å². The average molecular weight is 395 g/mol. The zero-order valence-corrected chi connectivity index (χ0v) is 16.8. The van der Waals surface area contributed by atoms with Crippen LogP contribution in [0.15, 0.2) is 18.5 Å². The molecule has 8 heteroatoms. The summed E-state index contributed by atoms with van der Waals surface area (Å²) >= 11 is 1.33. The van der Waals surface area contributed by atoms with Gasteiger partial charge in [-0.3, -0.25) is 4.79 Å². The summed E-state index contributed by atoms with van der Waals surface area (Å²) < 4.78 is 0. The van der Waals surface area contributed by atoms with Crippen LogP contribution in [-0.4, -0.2) is 37.4 Å². The lowest BCUT2D eigenvalue weighted by atomic mass is 10.2. The lowest BCUT2D eigenvalue weighted by Crippen LogP contribution is -2.26. The van der Waals surface area contributed by atoms with Gasteiger partial charge in [-0.2, -0.15) is 0 Å². The Morgan fingerprint density at radius 1 is 1.18 bits per heavy atom. The molecule has 3 heterocycles. The molecule has 0 spiro atoms. The van der Waals surface area contributed by atoms with Crippen molar-refractivity contribution >= 4 is 17.2 Å². The van der Waals surface area contributed by atoms with Crippen LogP contribution in [0, 0.1) is 6.92 Å². The van der Waals surface area contributed by atoms with Gasteiger partial charge < -0.3 is 5.32 Å². The number of hydrogen-bond acceptors (Lipinski definition) is 7. The maximum absolute atomic E-state index is 12.7. The SMILES string of the molecule is CCc1nc(-c2ncccn2)sc1C(=O)NCCc1nc(C)c2c(n1)CCC2. The van der Waals surface area contributed by atoms with Gasteiger partial charge in [0.05, 0.1) is 5.69 Å². The Balaban J connectivity index is 1.43. The molecule has 3 aromatic heterocycles. The molecule has 0 bridgehead atoms. The molecule has 0 saturated heterocycles. The van der Waals surface area contributed by atoms with Gasteiger partial charge in [0, 0.05) is 36.7 Å². The predicted molar refractivity (Wildman–Crippen MR) is 107 cm³/mol. The molecular formula is C20H22N6OS. The second-order valence-electron chi connectivity index (χ2n) is 6.73. The number of rotatable bonds is 6. The number of nitrogens with one attached hydrogen (secondary N) is 1. The molecule has 0 radical (unpaired) electrons. The molecule has 4 rings (SSSR count). The lowest BCUT2D eigenvalue weighted by molar-refractivity contribution is 0.0957. The van der Waals surface area contributed by atoms with Crippen molar-refractivity contribution in [2.24, 2.45) is 0 Å². The van der Waals surface area contributed by atoms with Gasteiger partial charge in [0.25, 0.3) is 5.91 Å². The van der Waals surface area contributed by atoms with Crippen molar-refractivity contribution in [2.45, 2.75) is 46.0 Å². The first-order valence-corrected chi connectivity index (χ1v) is 10.4. The fourth-order valence-corrected chi connectivity index (χ4v) is 4.46. The Morgan fingerprint density at radius 3 is 2.79 bits per heavy atom. The first kappa shape index (κ1) is 18.6. The van der Waals surface area contributed by atoms with Gasteiger partial charge in [-0.1, -0.05) is 6.92 Å². The van der Waals surface area contributed by atoms with E-state index in [1.807, 2.05) is 13.8 Å². The minimum Gasteiger partial charge on any atom is -0.351 e. The summed E-state index contributed by atoms with van der Waals surface area (Å²) in [5.74, 6) is 1.23. The standard InChI is InChI=1S/C20H22N6OS/c1-3-14-17(28-20(26-14)18-21-9-5-10-22-18)19(27)23-11-8-16-24-12(2)13-6-4-7-15(13)25-16/h5,9-10H,3-4,6-8,11H2,1-2H3,(H,23,27). The number of fused-ring (bicyclic) bond motifs is 1. The first-order chi connectivity index (χ1) is 13.7. The molecule has 1 amide bonds. The molecular weight excluding hydrogens is 372 g/mol. The number of hydrogen-bond donors (Lipinski definition) is 1. The smallest absolute Gasteiger partial charge is 0.263 e. The molecule has 0 fully saturated rings. The molecule has 0 aliphatic heterocycles. The molecule has 0 aromatic carbocycles. The molecule has 0 atom stereocenters. The third-order valence-electron chi connectivity index (χ3n) is 4.82. The zero-order chi connectivity index (χ0) is 19.5. The highest BCUT2D eigenvalue weighted by Gasteiger charge is 2.20. The van der Waals surface area contributed by atoms with Crippen molar-refractivity contribution in [1.82, 2.24) is 30.2 Å². The molecule has 1 aliphatic carbocycles. The van der Waals surface area contributed by atoms with E-state index in [1.54, 1.807) is 18.5 Å². The van der Waals surface area contributed by atoms with Crippen LogP contribution in [0.1, 0.15) is 51.5 Å². The highest BCUT2D eigenvalue weighted by Crippen LogP contribution is 2.26. The molecule has 1 N–H and O–H groups in total. The molecule has 0 unspecified atom stereocenters. The summed E-state index contributed by atoms with van der Waals surface area (Å²) in [7, 11) is 0. The Bertz CT molecular complexity index is 1000. The van der Waals surface area contributed by atoms with Crippen LogP contribution in [0.3, 0.4) is 0 Å². The summed E-state index contributed by atoms with van der Waals surface area (Å²) in [6.07, 6.45) is 7.92. The summed E-state index contributed by atoms with van der Waals surface area (Å²) in [6, 6.07) is 1.76. The molecule has 1 aliphatic rings. The number of nitrogens with zero attached hydrogens (tertiary/aromatic N) is 5. The van der Waals surface area contributed by atoms with Gasteiger partial charge in [-0.05, 0) is 44.2 Å². The van der Waals surface area contributed by atoms with E-state index in [1.165, 1.54) is 22.6 Å². The zero-order valence-electron chi connectivity index (χ0n) is 16.0. The van der Waals surface area contributed by atoms with Crippen molar-refractivity contribution in [3.8, 4) is 10.8 Å². The van der Waals surface area contributed by atoms with Gasteiger partial charge in [0.15, 0.2) is 10.8 Å². The van der Waals surface area contributed by atoms with Gasteiger partial charge in [-0.15, -0.1) is 11.3 Å². The van der Waals surface area contributed by atoms with E-state index in [4.69, 9.17) is 0 Å². The highest BCUT2D eigenvalue weighted by atomic mass is 32.1. The van der Waals surface area contributed by atoms with Crippen LogP contribution in [0.5, 0.6) is 0 Å². The van der Waals surface area contributed by atoms with Crippen molar-refractivity contribution in [3.63, 3.8) is 0 Å². The Morgan fingerprint density at radius 2 is 2.00 bits per heavy atom. The number of carbonyl (C=O) groups is 1. The molecule has 7 nitrogen and oxygen atoms in total. The van der Waals surface area contributed by atoms with Gasteiger partial charge in [0.1, 0.15) is 10.7 Å². The third-order valence-corrected chi connectivity index (χ3v) is 5.91. The van der Waals surface area contributed by atoms with Crippen LogP contribution < -0.4 is 5.32 Å². The van der Waals surface area contributed by atoms with E-state index in [0.29, 0.717) is 35.1 Å². The first-order valence-electron chi connectivity index (χ1n) is 9.56. The highest BCUT2D eigenvalue weighted by molar-refractivity contribution is 7.17. The van der Waals surface area contributed by atoms with E-state index in [0.717, 1.165) is 36.5 Å². The fraction of sp³-hybridized carbons (Fsp3) is 0.400. The van der Waals surface area contributed by atoms with Crippen molar-refractivity contribution in [3.05, 3.63) is 51.8 Å². The van der Waals surface area contributed by atoms with E-state index in [-0.39, 0.29) is 5.91 Å². The lowest BCUT2D eigenvalue weighted by Gasteiger charge is -2.08. The van der Waals surface area contributed by atoms with Crippen molar-refractivity contribution in [2.75, 3.05) is 6.54 Å². The summed E-state index contributed by atoms with van der Waals surface area (Å²) in [5, 5.41) is 3.65. The van der Waals surface area contributed by atoms with Crippen molar-refractivity contribution < 1.29 is 4.79 Å². The largest absolute Gasteiger partial charge is 0.351 e. The quantitative estimate of drug-likeness (QED) is 0.691. The Hall–Kier alpha value is -2.74. The minimum absolute atomic E-state index is 0.116. The number of aryl methyl sites for hydroxylation is 3. The molecule has 28 heavy (non-hydrogen) atoms. The normalized spacial score (nSPS) is 12.8. The average Bonchev–Trinajstić information content (AvgIpc) is 3.36. The maximum atomic E-state index is 12.7. The number of amides is 1. The molecule has 144 valence electrons. The predicted octanol–water partition coefficient (Wildman–Crippen LogP) is 2.72. The number of thiazole rings is 1. The topological polar surface area (TPSA) is 93.5 Å². The maximum Gasteiger partial charge on any atom is 0.263 e. The molecule has 3 aromatic rings. The number of carbonyl (C=O) groups excluding carboxylic acids is 1. The molecule has 0 saturated carbocycles. The van der Waals surface area contributed by atoms with Gasteiger partial charge in [0.2, 0.25) is 0 Å². The summed E-state index contributed by atoms with van der Waals surface area (Å²) in [4.78, 5) is 35.6. The van der Waals surface area contributed by atoms with Crippen LogP contribution in [0.25, 0.3) is 10.8 Å². The second-order valence-corrected chi connectivity index (χ2v) is 7.73. The monoisotopic (exact) mass is 394 g/mol. The minimum atomic E-state index is -0.116. The van der Waals surface area contributed by atoms with E-state index in [9.17, 15) is 4.79 Å². The van der Waals surface area contributed by atoms with Crippen LogP contribution in [-0.2, 0) is 25.7 Å². The second kappa shape index (κ2) is 8.10. The Kier molecular flexibility index (Phi) is 5.38. The van der Waals surface area contributed by atoms with Crippen LogP contribution in [0.4, 0.5) is 0 Å². The number of aromatic nitrogens is 5. The van der Waals surface area contributed by atoms with E-state index >= 15 is 0 Å². The van der Waals surface area contributed by atoms with Crippen molar-refractivity contribution in [1.29, 1.82) is 0 Å².